The average molecular weight is 313 g/mol. The number of urea groups is 1. The number of carboxylic acids is 1. The quantitative estimate of drug-likeness (QED) is 0.752. The molecule has 1 heterocycles. The van der Waals surface area contributed by atoms with E-state index in [1.165, 1.54) is 0 Å². The van der Waals surface area contributed by atoms with Crippen LogP contribution in [-0.2, 0) is 4.79 Å². The van der Waals surface area contributed by atoms with Crippen molar-refractivity contribution in [2.45, 2.75) is 46.1 Å². The molecule has 3 unspecified atom stereocenters. The molecule has 1 fully saturated rings. The van der Waals surface area contributed by atoms with E-state index >= 15 is 0 Å². The van der Waals surface area contributed by atoms with Crippen LogP contribution in [-0.4, -0.2) is 66.2 Å². The first-order valence-electron chi connectivity index (χ1n) is 8.30. The van der Waals surface area contributed by atoms with Crippen LogP contribution in [0.15, 0.2) is 0 Å². The van der Waals surface area contributed by atoms with Gasteiger partial charge in [-0.3, -0.25) is 4.79 Å². The van der Waals surface area contributed by atoms with Gasteiger partial charge in [0, 0.05) is 25.7 Å². The molecule has 0 aliphatic carbocycles. The molecule has 6 nitrogen and oxygen atoms in total. The van der Waals surface area contributed by atoms with E-state index in [-0.39, 0.29) is 18.0 Å². The fourth-order valence-corrected chi connectivity index (χ4v) is 3.03. The largest absolute Gasteiger partial charge is 0.481 e. The summed E-state index contributed by atoms with van der Waals surface area (Å²) >= 11 is 0. The third-order valence-corrected chi connectivity index (χ3v) is 4.14. The molecule has 0 radical (unpaired) electrons. The van der Waals surface area contributed by atoms with Crippen molar-refractivity contribution in [1.82, 2.24) is 15.1 Å². The van der Waals surface area contributed by atoms with Gasteiger partial charge in [0.25, 0.3) is 0 Å². The summed E-state index contributed by atoms with van der Waals surface area (Å²) in [5.74, 6) is -1.03. The van der Waals surface area contributed by atoms with Crippen LogP contribution >= 0.6 is 0 Å². The van der Waals surface area contributed by atoms with Crippen LogP contribution in [0, 0.1) is 11.8 Å². The Morgan fingerprint density at radius 3 is 2.68 bits per heavy atom. The van der Waals surface area contributed by atoms with Gasteiger partial charge in [0.15, 0.2) is 0 Å². The molecule has 0 aromatic rings. The minimum atomic E-state index is -0.809. The number of hydrogen-bond acceptors (Lipinski definition) is 3. The van der Waals surface area contributed by atoms with E-state index in [1.807, 2.05) is 13.8 Å². The Kier molecular flexibility index (Phi) is 7.65. The second-order valence-corrected chi connectivity index (χ2v) is 6.75. The minimum absolute atomic E-state index is 0.0508. The van der Waals surface area contributed by atoms with E-state index in [0.717, 1.165) is 25.9 Å². The summed E-state index contributed by atoms with van der Waals surface area (Å²) < 4.78 is 0. The maximum atomic E-state index is 12.3. The molecule has 1 rings (SSSR count). The van der Waals surface area contributed by atoms with Crippen LogP contribution in [0.2, 0.25) is 0 Å². The standard InChI is InChI=1S/C16H31N3O3/c1-5-6-7-18(4)10-13(3)17-16(22)19-9-12(2)8-14(11-19)15(20)21/h12-14H,5-11H2,1-4H3,(H,17,22)(H,20,21). The number of carbonyl (C=O) groups is 2. The van der Waals surface area contributed by atoms with Crippen LogP contribution in [0.4, 0.5) is 4.79 Å². The van der Waals surface area contributed by atoms with Gasteiger partial charge < -0.3 is 20.2 Å². The van der Waals surface area contributed by atoms with E-state index in [2.05, 4.69) is 24.2 Å². The fourth-order valence-electron chi connectivity index (χ4n) is 3.03. The van der Waals surface area contributed by atoms with Gasteiger partial charge in [0.1, 0.15) is 0 Å². The van der Waals surface area contributed by atoms with Crippen molar-refractivity contribution in [2.24, 2.45) is 11.8 Å². The van der Waals surface area contributed by atoms with Crippen molar-refractivity contribution in [3.8, 4) is 0 Å². The molecular formula is C16H31N3O3. The molecule has 2 amide bonds. The molecule has 1 aliphatic heterocycles. The SMILES string of the molecule is CCCCN(C)CC(C)NC(=O)N1CC(C)CC(C(=O)O)C1. The molecule has 0 bridgehead atoms. The molecule has 0 aromatic carbocycles. The van der Waals surface area contributed by atoms with Crippen LogP contribution in [0.5, 0.6) is 0 Å². The molecule has 6 heteroatoms. The van der Waals surface area contributed by atoms with E-state index < -0.39 is 11.9 Å². The van der Waals surface area contributed by atoms with Gasteiger partial charge in [0.05, 0.1) is 5.92 Å². The number of carbonyl (C=O) groups excluding carboxylic acids is 1. The highest BCUT2D eigenvalue weighted by atomic mass is 16.4. The van der Waals surface area contributed by atoms with Gasteiger partial charge in [-0.2, -0.15) is 0 Å². The summed E-state index contributed by atoms with van der Waals surface area (Å²) in [6.07, 6.45) is 2.96. The zero-order valence-electron chi connectivity index (χ0n) is 14.3. The number of aliphatic carboxylic acids is 1. The lowest BCUT2D eigenvalue weighted by atomic mass is 9.91. The van der Waals surface area contributed by atoms with Crippen LogP contribution in [0.25, 0.3) is 0 Å². The lowest BCUT2D eigenvalue weighted by molar-refractivity contribution is -0.143. The van der Waals surface area contributed by atoms with E-state index in [4.69, 9.17) is 0 Å². The van der Waals surface area contributed by atoms with Gasteiger partial charge in [-0.15, -0.1) is 0 Å². The molecule has 128 valence electrons. The number of nitrogens with zero attached hydrogens (tertiary/aromatic N) is 2. The number of likely N-dealkylation sites (tertiary alicyclic amines) is 1. The Labute approximate surface area is 133 Å². The smallest absolute Gasteiger partial charge is 0.317 e. The number of piperidine rings is 1. The van der Waals surface area contributed by atoms with Crippen molar-refractivity contribution in [2.75, 3.05) is 33.2 Å². The third kappa shape index (κ3) is 6.22. The monoisotopic (exact) mass is 313 g/mol. The van der Waals surface area contributed by atoms with Crippen molar-refractivity contribution >= 4 is 12.0 Å². The molecule has 0 saturated carbocycles. The number of rotatable bonds is 7. The summed E-state index contributed by atoms with van der Waals surface area (Å²) in [7, 11) is 2.06. The lowest BCUT2D eigenvalue weighted by Gasteiger charge is -2.35. The number of hydrogen-bond donors (Lipinski definition) is 2. The minimum Gasteiger partial charge on any atom is -0.481 e. The molecule has 3 atom stereocenters. The number of nitrogens with one attached hydrogen (secondary N) is 1. The van der Waals surface area contributed by atoms with Crippen molar-refractivity contribution < 1.29 is 14.7 Å². The first-order chi connectivity index (χ1) is 10.3. The number of unbranched alkanes of at least 4 members (excludes halogenated alkanes) is 1. The van der Waals surface area contributed by atoms with Crippen molar-refractivity contribution in [3.05, 3.63) is 0 Å². The predicted molar refractivity (Wildman–Crippen MR) is 86.9 cm³/mol. The summed E-state index contributed by atoms with van der Waals surface area (Å²) in [6, 6.07) is -0.0935. The van der Waals surface area contributed by atoms with Crippen LogP contribution in [0.1, 0.15) is 40.0 Å². The number of likely N-dealkylation sites (N-methyl/N-ethyl adjacent to an activating group) is 1. The second-order valence-electron chi connectivity index (χ2n) is 6.75. The van der Waals surface area contributed by atoms with Gasteiger partial charge in [-0.25, -0.2) is 4.79 Å². The Morgan fingerprint density at radius 1 is 1.41 bits per heavy atom. The Bertz CT molecular complexity index is 376. The topological polar surface area (TPSA) is 72.9 Å². The predicted octanol–water partition coefficient (Wildman–Crippen LogP) is 1.86. The average Bonchev–Trinajstić information content (AvgIpc) is 2.44. The van der Waals surface area contributed by atoms with Crippen LogP contribution < -0.4 is 5.32 Å². The van der Waals surface area contributed by atoms with E-state index in [9.17, 15) is 14.7 Å². The van der Waals surface area contributed by atoms with Gasteiger partial charge in [-0.05, 0) is 39.3 Å². The highest BCUT2D eigenvalue weighted by Gasteiger charge is 2.32. The summed E-state index contributed by atoms with van der Waals surface area (Å²) in [6.45, 7) is 8.92. The fraction of sp³-hybridized carbons (Fsp3) is 0.875. The molecule has 1 saturated heterocycles. The zero-order chi connectivity index (χ0) is 16.7. The van der Waals surface area contributed by atoms with Gasteiger partial charge in [0.2, 0.25) is 0 Å². The Hall–Kier alpha value is -1.30. The first kappa shape index (κ1) is 18.7. The molecule has 2 N–H and O–H groups in total. The van der Waals surface area contributed by atoms with Crippen molar-refractivity contribution in [3.63, 3.8) is 0 Å². The maximum absolute atomic E-state index is 12.3. The third-order valence-electron chi connectivity index (χ3n) is 4.14. The van der Waals surface area contributed by atoms with Gasteiger partial charge >= 0.3 is 12.0 Å². The lowest BCUT2D eigenvalue weighted by Crippen LogP contribution is -2.52. The molecule has 22 heavy (non-hydrogen) atoms. The summed E-state index contributed by atoms with van der Waals surface area (Å²) in [5.41, 5.74) is 0. The van der Waals surface area contributed by atoms with E-state index in [0.29, 0.717) is 19.5 Å². The summed E-state index contributed by atoms with van der Waals surface area (Å²) in [4.78, 5) is 27.4. The first-order valence-corrected chi connectivity index (χ1v) is 8.30. The van der Waals surface area contributed by atoms with Gasteiger partial charge in [-0.1, -0.05) is 20.3 Å². The zero-order valence-corrected chi connectivity index (χ0v) is 14.3. The molecule has 0 aromatic heterocycles. The Balaban J connectivity index is 2.44. The maximum Gasteiger partial charge on any atom is 0.317 e. The molecule has 0 spiro atoms. The number of carboxylic acid groups (broad SMARTS) is 1. The van der Waals surface area contributed by atoms with Crippen molar-refractivity contribution in [1.29, 1.82) is 0 Å². The summed E-state index contributed by atoms with van der Waals surface area (Å²) in [5, 5.41) is 12.2. The molecule has 1 aliphatic rings. The number of amides is 2. The van der Waals surface area contributed by atoms with Crippen LogP contribution in [0.3, 0.4) is 0 Å². The normalized spacial score (nSPS) is 23.4. The second kappa shape index (κ2) is 8.98. The Morgan fingerprint density at radius 2 is 2.09 bits per heavy atom. The molecular weight excluding hydrogens is 282 g/mol. The van der Waals surface area contributed by atoms with E-state index in [1.54, 1.807) is 4.90 Å². The highest BCUT2D eigenvalue weighted by molar-refractivity contribution is 5.76. The highest BCUT2D eigenvalue weighted by Crippen LogP contribution is 2.21.